The van der Waals surface area contributed by atoms with Gasteiger partial charge in [0.1, 0.15) is 4.87 Å². The normalized spacial score (nSPS) is 40.4. The molecular formula is C5H6Cl2O2. The van der Waals surface area contributed by atoms with Crippen molar-refractivity contribution in [3.63, 3.8) is 0 Å². The number of carbonyl (C=O) groups is 1. The maximum absolute atomic E-state index is 10.3. The summed E-state index contributed by atoms with van der Waals surface area (Å²) in [7, 11) is 0. The maximum atomic E-state index is 10.3. The van der Waals surface area contributed by atoms with Gasteiger partial charge >= 0.3 is 5.97 Å². The molecule has 0 saturated heterocycles. The Labute approximate surface area is 62.8 Å². The number of carboxylic acids is 1. The number of aliphatic carboxylic acids is 1. The maximum Gasteiger partial charge on any atom is 0.325 e. The molecule has 0 aromatic heterocycles. The zero-order valence-corrected chi connectivity index (χ0v) is 6.11. The van der Waals surface area contributed by atoms with E-state index in [1.807, 2.05) is 0 Å². The third-order valence-electron chi connectivity index (χ3n) is 1.57. The number of rotatable bonds is 2. The van der Waals surface area contributed by atoms with Gasteiger partial charge < -0.3 is 5.11 Å². The first-order valence-corrected chi connectivity index (χ1v) is 3.51. The first kappa shape index (κ1) is 7.16. The Bertz CT molecular complexity index is 148. The molecule has 2 unspecified atom stereocenters. The number of halogens is 2. The molecular weight excluding hydrogens is 163 g/mol. The Hall–Kier alpha value is 0.0500. The van der Waals surface area contributed by atoms with Crippen LogP contribution < -0.4 is 0 Å². The number of hydrogen-bond donors (Lipinski definition) is 1. The molecule has 0 aromatic carbocycles. The molecule has 0 aliphatic heterocycles. The summed E-state index contributed by atoms with van der Waals surface area (Å²) in [6.07, 6.45) is 0.507. The standard InChI is InChI=1S/C5H6Cl2O2/c6-2-3-1-5(3,7)4(8)9/h3H,1-2H2,(H,8,9). The lowest BCUT2D eigenvalue weighted by Gasteiger charge is -1.97. The molecule has 1 saturated carbocycles. The van der Waals surface area contributed by atoms with E-state index in [1.54, 1.807) is 0 Å². The third-order valence-corrected chi connectivity index (χ3v) is 2.57. The van der Waals surface area contributed by atoms with Crippen LogP contribution in [-0.2, 0) is 4.79 Å². The average Bonchev–Trinajstić information content (AvgIpc) is 2.44. The molecule has 1 aliphatic rings. The Morgan fingerprint density at radius 2 is 2.44 bits per heavy atom. The summed E-state index contributed by atoms with van der Waals surface area (Å²) >= 11 is 10.9. The van der Waals surface area contributed by atoms with E-state index >= 15 is 0 Å². The Morgan fingerprint density at radius 1 is 1.89 bits per heavy atom. The summed E-state index contributed by atoms with van der Waals surface area (Å²) in [5.74, 6) is -0.636. The lowest BCUT2D eigenvalue weighted by Crippen LogP contribution is -2.17. The number of hydrogen-bond acceptors (Lipinski definition) is 1. The topological polar surface area (TPSA) is 37.3 Å². The van der Waals surface area contributed by atoms with Crippen LogP contribution in [-0.4, -0.2) is 21.8 Å². The summed E-state index contributed by atoms with van der Waals surface area (Å²) in [6.45, 7) is 0. The predicted octanol–water partition coefficient (Wildman–Crippen LogP) is 1.31. The second-order valence-corrected chi connectivity index (χ2v) is 3.21. The summed E-state index contributed by atoms with van der Waals surface area (Å²) in [5.41, 5.74) is 0. The highest BCUT2D eigenvalue weighted by Crippen LogP contribution is 2.50. The molecule has 1 fully saturated rings. The molecule has 9 heavy (non-hydrogen) atoms. The molecule has 1 rings (SSSR count). The lowest BCUT2D eigenvalue weighted by atomic mass is 10.3. The van der Waals surface area contributed by atoms with Gasteiger partial charge in [0, 0.05) is 11.8 Å². The van der Waals surface area contributed by atoms with Crippen LogP contribution in [0.4, 0.5) is 0 Å². The Morgan fingerprint density at radius 3 is 2.56 bits per heavy atom. The lowest BCUT2D eigenvalue weighted by molar-refractivity contribution is -0.137. The van der Waals surface area contributed by atoms with Crippen molar-refractivity contribution in [2.75, 3.05) is 5.88 Å². The van der Waals surface area contributed by atoms with Crippen LogP contribution >= 0.6 is 23.2 Å². The molecule has 1 aliphatic carbocycles. The van der Waals surface area contributed by atoms with Crippen molar-refractivity contribution in [2.45, 2.75) is 11.3 Å². The predicted molar refractivity (Wildman–Crippen MR) is 35.0 cm³/mol. The fourth-order valence-corrected chi connectivity index (χ4v) is 1.45. The molecule has 52 valence electrons. The van der Waals surface area contributed by atoms with Gasteiger partial charge in [-0.25, -0.2) is 0 Å². The van der Waals surface area contributed by atoms with Crippen LogP contribution in [0.2, 0.25) is 0 Å². The summed E-state index contributed by atoms with van der Waals surface area (Å²) in [4.78, 5) is 9.24. The van der Waals surface area contributed by atoms with Crippen molar-refractivity contribution < 1.29 is 9.90 Å². The highest BCUT2D eigenvalue weighted by atomic mass is 35.5. The fraction of sp³-hybridized carbons (Fsp3) is 0.800. The smallest absolute Gasteiger partial charge is 0.325 e. The minimum atomic E-state index is -1.03. The van der Waals surface area contributed by atoms with E-state index in [0.717, 1.165) is 0 Å². The van der Waals surface area contributed by atoms with Gasteiger partial charge in [-0.15, -0.1) is 23.2 Å². The van der Waals surface area contributed by atoms with Gasteiger partial charge in [-0.3, -0.25) is 4.79 Å². The van der Waals surface area contributed by atoms with E-state index < -0.39 is 10.8 Å². The molecule has 0 radical (unpaired) electrons. The highest BCUT2D eigenvalue weighted by molar-refractivity contribution is 6.37. The minimum absolute atomic E-state index is 0.0293. The second kappa shape index (κ2) is 2.03. The number of alkyl halides is 2. The van der Waals surface area contributed by atoms with E-state index in [9.17, 15) is 4.79 Å². The monoisotopic (exact) mass is 168 g/mol. The molecule has 0 heterocycles. The molecule has 0 spiro atoms. The highest BCUT2D eigenvalue weighted by Gasteiger charge is 2.58. The fourth-order valence-electron chi connectivity index (χ4n) is 0.738. The largest absolute Gasteiger partial charge is 0.480 e. The van der Waals surface area contributed by atoms with E-state index in [0.29, 0.717) is 12.3 Å². The Balaban J connectivity index is 2.52. The SMILES string of the molecule is O=C(O)C1(Cl)CC1CCl. The molecule has 0 amide bonds. The van der Waals surface area contributed by atoms with Crippen molar-refractivity contribution in [1.82, 2.24) is 0 Å². The van der Waals surface area contributed by atoms with Crippen LogP contribution in [0, 0.1) is 5.92 Å². The van der Waals surface area contributed by atoms with Crippen LogP contribution in [0.5, 0.6) is 0 Å². The molecule has 4 heteroatoms. The van der Waals surface area contributed by atoms with Gasteiger partial charge in [0.25, 0.3) is 0 Å². The zero-order valence-electron chi connectivity index (χ0n) is 4.60. The summed E-state index contributed by atoms with van der Waals surface area (Å²) in [5, 5.41) is 8.42. The van der Waals surface area contributed by atoms with Crippen LogP contribution in [0.25, 0.3) is 0 Å². The summed E-state index contributed by atoms with van der Waals surface area (Å²) < 4.78 is 0. The van der Waals surface area contributed by atoms with Crippen molar-refractivity contribution in [3.05, 3.63) is 0 Å². The first-order chi connectivity index (χ1) is 4.11. The van der Waals surface area contributed by atoms with E-state index in [-0.39, 0.29) is 5.92 Å². The van der Waals surface area contributed by atoms with Crippen molar-refractivity contribution in [2.24, 2.45) is 5.92 Å². The Kier molecular flexibility index (Phi) is 1.61. The van der Waals surface area contributed by atoms with Crippen LogP contribution in [0.15, 0.2) is 0 Å². The average molecular weight is 169 g/mol. The number of carboxylic acid groups (broad SMARTS) is 1. The van der Waals surface area contributed by atoms with Crippen molar-refractivity contribution >= 4 is 29.2 Å². The van der Waals surface area contributed by atoms with Crippen LogP contribution in [0.1, 0.15) is 6.42 Å². The van der Waals surface area contributed by atoms with Gasteiger partial charge in [0.15, 0.2) is 0 Å². The summed E-state index contributed by atoms with van der Waals surface area (Å²) in [6, 6.07) is 0. The quantitative estimate of drug-likeness (QED) is 0.632. The second-order valence-electron chi connectivity index (χ2n) is 2.22. The zero-order chi connectivity index (χ0) is 7.07. The molecule has 1 N–H and O–H groups in total. The van der Waals surface area contributed by atoms with Gasteiger partial charge in [0.2, 0.25) is 0 Å². The molecule has 2 nitrogen and oxygen atoms in total. The van der Waals surface area contributed by atoms with Crippen molar-refractivity contribution in [1.29, 1.82) is 0 Å². The van der Waals surface area contributed by atoms with Gasteiger partial charge in [0.05, 0.1) is 0 Å². The first-order valence-electron chi connectivity index (χ1n) is 2.59. The van der Waals surface area contributed by atoms with Gasteiger partial charge in [-0.2, -0.15) is 0 Å². The van der Waals surface area contributed by atoms with E-state index in [1.165, 1.54) is 0 Å². The molecule has 2 atom stereocenters. The van der Waals surface area contributed by atoms with Gasteiger partial charge in [-0.05, 0) is 6.42 Å². The van der Waals surface area contributed by atoms with E-state index in [2.05, 4.69) is 0 Å². The minimum Gasteiger partial charge on any atom is -0.480 e. The van der Waals surface area contributed by atoms with Crippen LogP contribution in [0.3, 0.4) is 0 Å². The molecule has 0 aromatic rings. The molecule has 0 bridgehead atoms. The third kappa shape index (κ3) is 1.01. The van der Waals surface area contributed by atoms with Crippen molar-refractivity contribution in [3.8, 4) is 0 Å². The van der Waals surface area contributed by atoms with Gasteiger partial charge in [-0.1, -0.05) is 0 Å². The van der Waals surface area contributed by atoms with E-state index in [4.69, 9.17) is 28.3 Å².